The maximum Gasteiger partial charge on any atom is 0.410 e. The van der Waals surface area contributed by atoms with Crippen LogP contribution in [-0.4, -0.2) is 54.1 Å². The Kier molecular flexibility index (Phi) is 8.52. The highest BCUT2D eigenvalue weighted by atomic mass is 16.6. The van der Waals surface area contributed by atoms with Crippen LogP contribution in [0.1, 0.15) is 36.7 Å². The van der Waals surface area contributed by atoms with E-state index in [2.05, 4.69) is 5.32 Å². The third kappa shape index (κ3) is 7.86. The van der Waals surface area contributed by atoms with E-state index in [1.54, 1.807) is 39.0 Å². The predicted octanol–water partition coefficient (Wildman–Crippen LogP) is 2.96. The van der Waals surface area contributed by atoms with Gasteiger partial charge in [-0.05, 0) is 38.5 Å². The molecule has 2 aromatic rings. The molecule has 2 rings (SSSR count). The summed E-state index contributed by atoms with van der Waals surface area (Å²) in [5.74, 6) is -2.30. The van der Waals surface area contributed by atoms with Crippen molar-refractivity contribution in [3.63, 3.8) is 0 Å². The fraction of sp³-hybridized carbons (Fsp3) is 0.333. The van der Waals surface area contributed by atoms with Crippen molar-refractivity contribution < 1.29 is 28.7 Å². The summed E-state index contributed by atoms with van der Waals surface area (Å²) in [7, 11) is 1.46. The van der Waals surface area contributed by atoms with Gasteiger partial charge in [0.25, 0.3) is 0 Å². The zero-order valence-electron chi connectivity index (χ0n) is 18.7. The lowest BCUT2D eigenvalue weighted by atomic mass is 10.0. The Morgan fingerprint density at radius 1 is 0.938 bits per heavy atom. The first-order chi connectivity index (χ1) is 15.1. The quantitative estimate of drug-likeness (QED) is 0.525. The second kappa shape index (κ2) is 11.1. The van der Waals surface area contributed by atoms with Gasteiger partial charge in [0.05, 0.1) is 5.56 Å². The van der Waals surface area contributed by atoms with E-state index >= 15 is 0 Å². The normalized spacial score (nSPS) is 11.8. The molecule has 32 heavy (non-hydrogen) atoms. The summed E-state index contributed by atoms with van der Waals surface area (Å²) in [6.07, 6.45) is -0.462. The molecule has 0 bridgehead atoms. The minimum absolute atomic E-state index is 0.209. The van der Waals surface area contributed by atoms with E-state index in [0.29, 0.717) is 0 Å². The highest BCUT2D eigenvalue weighted by molar-refractivity contribution is 5.98. The van der Waals surface area contributed by atoms with Crippen LogP contribution in [0.15, 0.2) is 60.7 Å². The minimum atomic E-state index is -0.940. The molecule has 2 amide bonds. The average Bonchev–Trinajstić information content (AvgIpc) is 2.75. The van der Waals surface area contributed by atoms with Crippen LogP contribution in [0.25, 0.3) is 0 Å². The number of likely N-dealkylation sites (N-methyl/N-ethyl adjacent to an activating group) is 1. The van der Waals surface area contributed by atoms with Gasteiger partial charge in [-0.3, -0.25) is 9.69 Å². The number of rotatable bonds is 7. The van der Waals surface area contributed by atoms with E-state index in [1.807, 2.05) is 30.3 Å². The number of esters is 2. The molecule has 8 nitrogen and oxygen atoms in total. The summed E-state index contributed by atoms with van der Waals surface area (Å²) in [5, 5.41) is 2.44. The van der Waals surface area contributed by atoms with Crippen molar-refractivity contribution in [2.24, 2.45) is 0 Å². The van der Waals surface area contributed by atoms with Crippen molar-refractivity contribution in [2.45, 2.75) is 38.8 Å². The Labute approximate surface area is 187 Å². The third-order valence-corrected chi connectivity index (χ3v) is 4.35. The summed E-state index contributed by atoms with van der Waals surface area (Å²) in [4.78, 5) is 50.6. The van der Waals surface area contributed by atoms with Gasteiger partial charge in [0.1, 0.15) is 18.2 Å². The van der Waals surface area contributed by atoms with E-state index in [-0.39, 0.29) is 12.0 Å². The molecule has 0 aliphatic carbocycles. The van der Waals surface area contributed by atoms with Gasteiger partial charge in [-0.15, -0.1) is 0 Å². The Balaban J connectivity index is 2.04. The minimum Gasteiger partial charge on any atom is -0.444 e. The number of carbonyl (C=O) groups excluding carboxylic acids is 4. The molecule has 0 spiro atoms. The second-order valence-electron chi connectivity index (χ2n) is 8.14. The number of hydrogen-bond acceptors (Lipinski definition) is 6. The van der Waals surface area contributed by atoms with E-state index in [4.69, 9.17) is 9.47 Å². The topological polar surface area (TPSA) is 102 Å². The van der Waals surface area contributed by atoms with Crippen LogP contribution in [0.5, 0.6) is 0 Å². The first-order valence-electron chi connectivity index (χ1n) is 10.1. The van der Waals surface area contributed by atoms with Crippen molar-refractivity contribution in [1.82, 2.24) is 10.2 Å². The zero-order chi connectivity index (χ0) is 23.7. The van der Waals surface area contributed by atoms with Gasteiger partial charge in [-0.2, -0.15) is 0 Å². The molecule has 0 fully saturated rings. The fourth-order valence-electron chi connectivity index (χ4n) is 2.75. The standard InChI is InChI=1S/C24H28N2O6/c1-24(2,3)32-23(30)26(4)19(15-17-11-7-5-8-12-17)21(28)25-16-20(27)31-22(29)18-13-9-6-10-14-18/h5-14,19H,15-16H2,1-4H3,(H,25,28)/t19-/m0/s1. The number of nitrogens with one attached hydrogen (secondary N) is 1. The molecule has 0 heterocycles. The van der Waals surface area contributed by atoms with Gasteiger partial charge in [0.2, 0.25) is 5.91 Å². The molecule has 0 saturated carbocycles. The maximum absolute atomic E-state index is 12.9. The first-order valence-corrected chi connectivity index (χ1v) is 10.1. The monoisotopic (exact) mass is 440 g/mol. The molecule has 2 aromatic carbocycles. The second-order valence-corrected chi connectivity index (χ2v) is 8.14. The number of ether oxygens (including phenoxy) is 2. The molecule has 170 valence electrons. The summed E-state index contributed by atoms with van der Waals surface area (Å²) in [6, 6.07) is 16.3. The predicted molar refractivity (Wildman–Crippen MR) is 118 cm³/mol. The summed E-state index contributed by atoms with van der Waals surface area (Å²) in [6.45, 7) is 4.66. The van der Waals surface area contributed by atoms with Crippen molar-refractivity contribution in [2.75, 3.05) is 13.6 Å². The highest BCUT2D eigenvalue weighted by Gasteiger charge is 2.31. The molecule has 0 aliphatic heterocycles. The van der Waals surface area contributed by atoms with Crippen molar-refractivity contribution >= 4 is 23.9 Å². The molecule has 1 N–H and O–H groups in total. The van der Waals surface area contributed by atoms with Gasteiger partial charge < -0.3 is 14.8 Å². The van der Waals surface area contributed by atoms with Crippen LogP contribution < -0.4 is 5.32 Å². The van der Waals surface area contributed by atoms with Crippen molar-refractivity contribution in [3.8, 4) is 0 Å². The summed E-state index contributed by atoms with van der Waals surface area (Å²) in [5.41, 5.74) is 0.310. The lowest BCUT2D eigenvalue weighted by Gasteiger charge is -2.30. The van der Waals surface area contributed by atoms with Gasteiger partial charge in [-0.1, -0.05) is 48.5 Å². The van der Waals surface area contributed by atoms with Crippen LogP contribution in [0.3, 0.4) is 0 Å². The Morgan fingerprint density at radius 3 is 2.06 bits per heavy atom. The molecule has 0 aliphatic rings. The molecule has 0 radical (unpaired) electrons. The van der Waals surface area contributed by atoms with Crippen LogP contribution in [-0.2, 0) is 25.5 Å². The van der Waals surface area contributed by atoms with Gasteiger partial charge >= 0.3 is 18.0 Å². The smallest absolute Gasteiger partial charge is 0.410 e. The number of nitrogens with zero attached hydrogens (tertiary/aromatic N) is 1. The molecule has 0 unspecified atom stereocenters. The fourth-order valence-corrected chi connectivity index (χ4v) is 2.75. The zero-order valence-corrected chi connectivity index (χ0v) is 18.7. The van der Waals surface area contributed by atoms with Crippen LogP contribution in [0, 0.1) is 0 Å². The molecule has 1 atom stereocenters. The Morgan fingerprint density at radius 2 is 1.50 bits per heavy atom. The number of amides is 2. The summed E-state index contributed by atoms with van der Waals surface area (Å²) < 4.78 is 10.1. The number of hydrogen-bond donors (Lipinski definition) is 1. The van der Waals surface area contributed by atoms with Crippen LogP contribution in [0.4, 0.5) is 4.79 Å². The molecular formula is C24H28N2O6. The molecular weight excluding hydrogens is 412 g/mol. The summed E-state index contributed by atoms with van der Waals surface area (Å²) >= 11 is 0. The first kappa shape index (κ1) is 24.6. The van der Waals surface area contributed by atoms with Gasteiger partial charge in [0.15, 0.2) is 0 Å². The average molecular weight is 440 g/mol. The van der Waals surface area contributed by atoms with Crippen molar-refractivity contribution in [1.29, 1.82) is 0 Å². The SMILES string of the molecule is CN(C(=O)OC(C)(C)C)[C@@H](Cc1ccccc1)C(=O)NCC(=O)OC(=O)c1ccccc1. The Bertz CT molecular complexity index is 938. The van der Waals surface area contributed by atoms with E-state index in [1.165, 1.54) is 24.1 Å². The lowest BCUT2D eigenvalue weighted by molar-refractivity contribution is -0.139. The van der Waals surface area contributed by atoms with E-state index in [9.17, 15) is 19.2 Å². The lowest BCUT2D eigenvalue weighted by Crippen LogP contribution is -2.51. The maximum atomic E-state index is 12.9. The highest BCUT2D eigenvalue weighted by Crippen LogP contribution is 2.14. The molecule has 8 heteroatoms. The molecule has 0 aromatic heterocycles. The van der Waals surface area contributed by atoms with E-state index < -0.39 is 42.1 Å². The van der Waals surface area contributed by atoms with Gasteiger partial charge in [0, 0.05) is 13.5 Å². The van der Waals surface area contributed by atoms with Crippen molar-refractivity contribution in [3.05, 3.63) is 71.8 Å². The van der Waals surface area contributed by atoms with Crippen LogP contribution in [0.2, 0.25) is 0 Å². The largest absolute Gasteiger partial charge is 0.444 e. The Hall–Kier alpha value is -3.68. The molecule has 0 saturated heterocycles. The number of benzene rings is 2. The van der Waals surface area contributed by atoms with Gasteiger partial charge in [-0.25, -0.2) is 14.4 Å². The third-order valence-electron chi connectivity index (χ3n) is 4.35. The van der Waals surface area contributed by atoms with Crippen LogP contribution >= 0.6 is 0 Å². The number of carbonyl (C=O) groups is 4. The van der Waals surface area contributed by atoms with E-state index in [0.717, 1.165) is 5.56 Å².